The SMILES string of the molecule is O=C1CSC(c2ccc(Cl)cc2Cl)c2c(n(C3CCOCC3)[nH]c2=O)N1. The number of anilines is 1. The van der Waals surface area contributed by atoms with Crippen LogP contribution in [0.2, 0.25) is 10.0 Å². The summed E-state index contributed by atoms with van der Waals surface area (Å²) >= 11 is 13.8. The molecule has 1 aromatic carbocycles. The first kappa shape index (κ1) is 18.0. The number of halogens is 2. The van der Waals surface area contributed by atoms with E-state index in [1.807, 2.05) is 6.07 Å². The fourth-order valence-electron chi connectivity index (χ4n) is 3.42. The van der Waals surface area contributed by atoms with Crippen LogP contribution in [0.15, 0.2) is 23.0 Å². The van der Waals surface area contributed by atoms with Gasteiger partial charge in [0.25, 0.3) is 5.56 Å². The van der Waals surface area contributed by atoms with Crippen molar-refractivity contribution in [3.05, 3.63) is 49.7 Å². The van der Waals surface area contributed by atoms with Gasteiger partial charge in [0.2, 0.25) is 5.91 Å². The number of benzene rings is 1. The minimum atomic E-state index is -0.349. The summed E-state index contributed by atoms with van der Waals surface area (Å²) in [5.41, 5.74) is 1.09. The van der Waals surface area contributed by atoms with Crippen LogP contribution in [0.5, 0.6) is 0 Å². The topological polar surface area (TPSA) is 76.1 Å². The average Bonchev–Trinajstić information content (AvgIpc) is 2.83. The number of carbonyl (C=O) groups excluding carboxylic acids is 1. The van der Waals surface area contributed by atoms with Crippen LogP contribution in [0, 0.1) is 0 Å². The molecule has 26 heavy (non-hydrogen) atoms. The molecular formula is C17H17Cl2N3O3S. The van der Waals surface area contributed by atoms with Gasteiger partial charge in [-0.15, -0.1) is 11.8 Å². The second-order valence-electron chi connectivity index (χ2n) is 6.32. The van der Waals surface area contributed by atoms with Crippen LogP contribution in [0.1, 0.15) is 35.3 Å². The Morgan fingerprint density at radius 1 is 1.19 bits per heavy atom. The van der Waals surface area contributed by atoms with Crippen LogP contribution in [0.3, 0.4) is 0 Å². The second kappa shape index (κ2) is 7.31. The van der Waals surface area contributed by atoms with Crippen LogP contribution in [0.4, 0.5) is 5.82 Å². The molecule has 0 saturated carbocycles. The number of hydrogen-bond acceptors (Lipinski definition) is 4. The fourth-order valence-corrected chi connectivity index (χ4v) is 5.16. The molecule has 138 valence electrons. The quantitative estimate of drug-likeness (QED) is 0.787. The summed E-state index contributed by atoms with van der Waals surface area (Å²) in [6.45, 7) is 1.27. The molecule has 1 aromatic heterocycles. The van der Waals surface area contributed by atoms with Gasteiger partial charge in [-0.1, -0.05) is 29.3 Å². The predicted octanol–water partition coefficient (Wildman–Crippen LogP) is 3.61. The van der Waals surface area contributed by atoms with Crippen LogP contribution in [-0.2, 0) is 9.53 Å². The lowest BCUT2D eigenvalue weighted by Gasteiger charge is -2.25. The molecule has 1 fully saturated rings. The van der Waals surface area contributed by atoms with Gasteiger partial charge in [0, 0.05) is 23.3 Å². The maximum Gasteiger partial charge on any atom is 0.270 e. The Kier molecular flexibility index (Phi) is 5.05. The highest BCUT2D eigenvalue weighted by Crippen LogP contribution is 2.43. The molecule has 0 bridgehead atoms. The Bertz CT molecular complexity index is 905. The summed E-state index contributed by atoms with van der Waals surface area (Å²) in [4.78, 5) is 25.1. The number of aromatic amines is 1. The lowest BCUT2D eigenvalue weighted by Crippen LogP contribution is -2.24. The molecule has 2 N–H and O–H groups in total. The number of thioether (sulfide) groups is 1. The monoisotopic (exact) mass is 413 g/mol. The van der Waals surface area contributed by atoms with E-state index in [9.17, 15) is 9.59 Å². The zero-order valence-corrected chi connectivity index (χ0v) is 16.1. The molecule has 1 saturated heterocycles. The molecule has 2 aliphatic heterocycles. The lowest BCUT2D eigenvalue weighted by molar-refractivity contribution is -0.113. The van der Waals surface area contributed by atoms with Crippen molar-refractivity contribution >= 4 is 46.7 Å². The number of nitrogens with zero attached hydrogens (tertiary/aromatic N) is 1. The molecular weight excluding hydrogens is 397 g/mol. The molecule has 1 unspecified atom stereocenters. The van der Waals surface area contributed by atoms with E-state index in [1.165, 1.54) is 11.8 Å². The van der Waals surface area contributed by atoms with E-state index in [0.29, 0.717) is 34.6 Å². The van der Waals surface area contributed by atoms with E-state index in [4.69, 9.17) is 27.9 Å². The second-order valence-corrected chi connectivity index (χ2v) is 8.26. The molecule has 6 nitrogen and oxygen atoms in total. The average molecular weight is 414 g/mol. The predicted molar refractivity (Wildman–Crippen MR) is 104 cm³/mol. The third kappa shape index (κ3) is 3.29. The number of ether oxygens (including phenoxy) is 1. The number of aromatic nitrogens is 2. The maximum atomic E-state index is 12.8. The Hall–Kier alpha value is -1.41. The van der Waals surface area contributed by atoms with Gasteiger partial charge < -0.3 is 10.1 Å². The van der Waals surface area contributed by atoms with Crippen molar-refractivity contribution in [2.24, 2.45) is 0 Å². The van der Waals surface area contributed by atoms with E-state index in [0.717, 1.165) is 18.4 Å². The number of H-pyrrole nitrogens is 1. The largest absolute Gasteiger partial charge is 0.381 e. The van der Waals surface area contributed by atoms with Gasteiger partial charge in [-0.05, 0) is 30.5 Å². The Labute approximate surface area is 164 Å². The zero-order chi connectivity index (χ0) is 18.3. The van der Waals surface area contributed by atoms with Crippen molar-refractivity contribution in [3.8, 4) is 0 Å². The van der Waals surface area contributed by atoms with Gasteiger partial charge in [-0.2, -0.15) is 0 Å². The highest BCUT2D eigenvalue weighted by Gasteiger charge is 2.33. The Balaban J connectivity index is 1.84. The number of hydrogen-bond donors (Lipinski definition) is 2. The summed E-state index contributed by atoms with van der Waals surface area (Å²) < 4.78 is 7.20. The fraction of sp³-hybridized carbons (Fsp3) is 0.412. The molecule has 1 amide bonds. The van der Waals surface area contributed by atoms with E-state index >= 15 is 0 Å². The highest BCUT2D eigenvalue weighted by atomic mass is 35.5. The van der Waals surface area contributed by atoms with Crippen molar-refractivity contribution in [1.82, 2.24) is 9.78 Å². The number of fused-ring (bicyclic) bond motifs is 1. The molecule has 2 aliphatic rings. The first-order chi connectivity index (χ1) is 12.5. The zero-order valence-electron chi connectivity index (χ0n) is 13.8. The maximum absolute atomic E-state index is 12.8. The highest BCUT2D eigenvalue weighted by molar-refractivity contribution is 8.00. The third-order valence-electron chi connectivity index (χ3n) is 4.66. The first-order valence-corrected chi connectivity index (χ1v) is 10.1. The van der Waals surface area contributed by atoms with Gasteiger partial charge in [0.1, 0.15) is 5.82 Å². The Morgan fingerprint density at radius 3 is 2.69 bits per heavy atom. The van der Waals surface area contributed by atoms with Gasteiger partial charge >= 0.3 is 0 Å². The minimum absolute atomic E-state index is 0.0879. The molecule has 4 rings (SSSR count). The van der Waals surface area contributed by atoms with Crippen LogP contribution >= 0.6 is 35.0 Å². The van der Waals surface area contributed by atoms with Gasteiger partial charge in [-0.3, -0.25) is 19.4 Å². The number of rotatable bonds is 2. The molecule has 9 heteroatoms. The molecule has 1 atom stereocenters. The molecule has 0 radical (unpaired) electrons. The van der Waals surface area contributed by atoms with Crippen molar-refractivity contribution in [3.63, 3.8) is 0 Å². The van der Waals surface area contributed by atoms with Crippen molar-refractivity contribution < 1.29 is 9.53 Å². The summed E-state index contributed by atoms with van der Waals surface area (Å²) in [6.07, 6.45) is 1.57. The van der Waals surface area contributed by atoms with Crippen molar-refractivity contribution in [2.75, 3.05) is 24.3 Å². The Morgan fingerprint density at radius 2 is 1.96 bits per heavy atom. The summed E-state index contributed by atoms with van der Waals surface area (Å²) in [7, 11) is 0. The van der Waals surface area contributed by atoms with Crippen LogP contribution < -0.4 is 10.9 Å². The third-order valence-corrected chi connectivity index (χ3v) is 6.48. The van der Waals surface area contributed by atoms with Gasteiger partial charge in [0.15, 0.2) is 0 Å². The number of carbonyl (C=O) groups is 1. The molecule has 2 aromatic rings. The normalized spacial score (nSPS) is 21.2. The molecule has 0 spiro atoms. The van der Waals surface area contributed by atoms with Crippen LogP contribution in [-0.4, -0.2) is 34.7 Å². The minimum Gasteiger partial charge on any atom is -0.381 e. The van der Waals surface area contributed by atoms with Crippen molar-refractivity contribution in [2.45, 2.75) is 24.1 Å². The molecule has 3 heterocycles. The van der Waals surface area contributed by atoms with E-state index < -0.39 is 0 Å². The van der Waals surface area contributed by atoms with Gasteiger partial charge in [0.05, 0.1) is 22.6 Å². The van der Waals surface area contributed by atoms with Gasteiger partial charge in [-0.25, -0.2) is 0 Å². The number of amides is 1. The van der Waals surface area contributed by atoms with E-state index in [2.05, 4.69) is 10.4 Å². The molecule has 0 aliphatic carbocycles. The van der Waals surface area contributed by atoms with Crippen LogP contribution in [0.25, 0.3) is 0 Å². The van der Waals surface area contributed by atoms with Crippen molar-refractivity contribution in [1.29, 1.82) is 0 Å². The number of nitrogens with one attached hydrogen (secondary N) is 2. The summed E-state index contributed by atoms with van der Waals surface area (Å²) in [5.74, 6) is 0.641. The van der Waals surface area contributed by atoms with E-state index in [-0.39, 0.29) is 28.5 Å². The first-order valence-electron chi connectivity index (χ1n) is 8.33. The van der Waals surface area contributed by atoms with E-state index in [1.54, 1.807) is 16.8 Å². The smallest absolute Gasteiger partial charge is 0.270 e. The summed E-state index contributed by atoms with van der Waals surface area (Å²) in [6, 6.07) is 5.30. The standard InChI is InChI=1S/C17H17Cl2N3O3S/c18-9-1-2-11(12(19)7-9)15-14-16(20-13(23)8-26-15)22(21-17(14)24)10-3-5-25-6-4-10/h1-2,7,10,15H,3-6,8H2,(H,20,23)(H,21,24). The lowest BCUT2D eigenvalue weighted by atomic mass is 10.1. The summed E-state index contributed by atoms with van der Waals surface area (Å²) in [5, 5.41) is 6.47.